The minimum atomic E-state index is 0.252. The standard InChI is InChI=1S/C22H32N6O2/c1-2-19(27-12-10-26(11-13-27)18-6-4-3-5-7-18)22-23-24-25-28(22)15-17-8-9-20-21(14-17)30-16-29-20/h8-9,14,18-19H,2-7,10-13,15-16H2,1H3/t19-/m1/s1. The first kappa shape index (κ1) is 19.8. The maximum absolute atomic E-state index is 5.52. The minimum absolute atomic E-state index is 0.252. The molecule has 1 saturated carbocycles. The predicted molar refractivity (Wildman–Crippen MR) is 113 cm³/mol. The summed E-state index contributed by atoms with van der Waals surface area (Å²) in [7, 11) is 0. The number of ether oxygens (including phenoxy) is 2. The van der Waals surface area contributed by atoms with Crippen LogP contribution in [0.3, 0.4) is 0 Å². The lowest BCUT2D eigenvalue weighted by Crippen LogP contribution is -2.51. The van der Waals surface area contributed by atoms with Crippen molar-refractivity contribution >= 4 is 0 Å². The highest BCUT2D eigenvalue weighted by Gasteiger charge is 2.30. The van der Waals surface area contributed by atoms with Crippen LogP contribution in [0, 0.1) is 0 Å². The lowest BCUT2D eigenvalue weighted by Gasteiger charge is -2.42. The number of piperazine rings is 1. The molecule has 1 saturated heterocycles. The van der Waals surface area contributed by atoms with Gasteiger partial charge in [0.05, 0.1) is 12.6 Å². The van der Waals surface area contributed by atoms with Crippen LogP contribution in [0.25, 0.3) is 0 Å². The van der Waals surface area contributed by atoms with E-state index in [1.54, 1.807) is 0 Å². The Morgan fingerprint density at radius 2 is 1.83 bits per heavy atom. The van der Waals surface area contributed by atoms with Crippen molar-refractivity contribution in [2.45, 2.75) is 64.1 Å². The predicted octanol–water partition coefficient (Wildman–Crippen LogP) is 2.85. The van der Waals surface area contributed by atoms with Gasteiger partial charge in [-0.1, -0.05) is 32.3 Å². The molecule has 0 spiro atoms. The Kier molecular flexibility index (Phi) is 5.86. The van der Waals surface area contributed by atoms with Gasteiger partial charge in [-0.05, 0) is 47.4 Å². The molecule has 8 nitrogen and oxygen atoms in total. The van der Waals surface area contributed by atoms with Gasteiger partial charge in [-0.3, -0.25) is 9.80 Å². The number of rotatable bonds is 6. The van der Waals surface area contributed by atoms with Crippen LogP contribution in [-0.2, 0) is 6.54 Å². The Morgan fingerprint density at radius 1 is 1.03 bits per heavy atom. The maximum atomic E-state index is 5.52. The number of tetrazole rings is 1. The smallest absolute Gasteiger partial charge is 0.231 e. The van der Waals surface area contributed by atoms with E-state index in [1.807, 2.05) is 16.8 Å². The number of hydrogen-bond donors (Lipinski definition) is 0. The molecule has 0 bridgehead atoms. The highest BCUT2D eigenvalue weighted by molar-refractivity contribution is 5.44. The molecule has 3 aliphatic rings. The summed E-state index contributed by atoms with van der Waals surface area (Å²) in [4.78, 5) is 5.29. The number of aromatic nitrogens is 4. The summed E-state index contributed by atoms with van der Waals surface area (Å²) in [5.41, 5.74) is 1.12. The largest absolute Gasteiger partial charge is 0.454 e. The Balaban J connectivity index is 1.25. The minimum Gasteiger partial charge on any atom is -0.454 e. The number of hydrogen-bond acceptors (Lipinski definition) is 7. The van der Waals surface area contributed by atoms with E-state index in [1.165, 1.54) is 32.1 Å². The molecule has 0 radical (unpaired) electrons. The molecule has 1 atom stereocenters. The second-order valence-corrected chi connectivity index (χ2v) is 8.67. The Bertz CT molecular complexity index is 842. The lowest BCUT2D eigenvalue weighted by molar-refractivity contribution is 0.0516. The molecule has 8 heteroatoms. The Hall–Kier alpha value is -2.19. The summed E-state index contributed by atoms with van der Waals surface area (Å²) in [5.74, 6) is 2.56. The molecule has 1 aliphatic carbocycles. The van der Waals surface area contributed by atoms with Crippen molar-refractivity contribution in [1.82, 2.24) is 30.0 Å². The van der Waals surface area contributed by atoms with Crippen molar-refractivity contribution in [1.29, 1.82) is 0 Å². The van der Waals surface area contributed by atoms with Crippen molar-refractivity contribution in [2.75, 3.05) is 33.0 Å². The summed E-state index contributed by atoms with van der Waals surface area (Å²) >= 11 is 0. The highest BCUT2D eigenvalue weighted by atomic mass is 16.7. The van der Waals surface area contributed by atoms with Crippen LogP contribution in [0.5, 0.6) is 11.5 Å². The molecular weight excluding hydrogens is 380 g/mol. The third kappa shape index (κ3) is 4.03. The number of benzene rings is 1. The lowest BCUT2D eigenvalue weighted by atomic mass is 9.93. The zero-order chi connectivity index (χ0) is 20.3. The van der Waals surface area contributed by atoms with Gasteiger partial charge >= 0.3 is 0 Å². The van der Waals surface area contributed by atoms with E-state index in [2.05, 4.69) is 38.3 Å². The fraction of sp³-hybridized carbons (Fsp3) is 0.682. The molecule has 2 aromatic rings. The van der Waals surface area contributed by atoms with Crippen LogP contribution in [0.2, 0.25) is 0 Å². The van der Waals surface area contributed by atoms with Gasteiger partial charge in [0.25, 0.3) is 0 Å². The molecule has 0 N–H and O–H groups in total. The Morgan fingerprint density at radius 3 is 2.63 bits per heavy atom. The maximum Gasteiger partial charge on any atom is 0.231 e. The van der Waals surface area contributed by atoms with E-state index in [-0.39, 0.29) is 6.04 Å². The van der Waals surface area contributed by atoms with Crippen LogP contribution >= 0.6 is 0 Å². The van der Waals surface area contributed by atoms with Crippen molar-refractivity contribution in [3.8, 4) is 11.5 Å². The third-order valence-corrected chi connectivity index (χ3v) is 6.89. The number of fused-ring (bicyclic) bond motifs is 1. The molecule has 162 valence electrons. The van der Waals surface area contributed by atoms with E-state index in [0.717, 1.165) is 61.5 Å². The average Bonchev–Trinajstić information content (AvgIpc) is 3.45. The molecule has 1 aromatic heterocycles. The van der Waals surface area contributed by atoms with Gasteiger partial charge in [-0.25, -0.2) is 4.68 Å². The Labute approximate surface area is 178 Å². The third-order valence-electron chi connectivity index (χ3n) is 6.89. The molecule has 2 aliphatic heterocycles. The molecule has 3 heterocycles. The van der Waals surface area contributed by atoms with Gasteiger partial charge in [0, 0.05) is 32.2 Å². The normalized spacial score (nSPS) is 21.8. The van der Waals surface area contributed by atoms with Gasteiger partial charge in [0.15, 0.2) is 17.3 Å². The van der Waals surface area contributed by atoms with Crippen LogP contribution in [-0.4, -0.2) is 69.0 Å². The zero-order valence-corrected chi connectivity index (χ0v) is 17.9. The zero-order valence-electron chi connectivity index (χ0n) is 17.9. The van der Waals surface area contributed by atoms with Gasteiger partial charge in [0.1, 0.15) is 0 Å². The van der Waals surface area contributed by atoms with Crippen molar-refractivity contribution in [3.05, 3.63) is 29.6 Å². The summed E-state index contributed by atoms with van der Waals surface area (Å²) in [6.07, 6.45) is 7.98. The topological polar surface area (TPSA) is 68.5 Å². The van der Waals surface area contributed by atoms with Crippen LogP contribution in [0.15, 0.2) is 18.2 Å². The highest BCUT2D eigenvalue weighted by Crippen LogP contribution is 2.33. The molecule has 30 heavy (non-hydrogen) atoms. The van der Waals surface area contributed by atoms with Crippen molar-refractivity contribution < 1.29 is 9.47 Å². The second-order valence-electron chi connectivity index (χ2n) is 8.67. The average molecular weight is 413 g/mol. The van der Waals surface area contributed by atoms with E-state index < -0.39 is 0 Å². The van der Waals surface area contributed by atoms with E-state index >= 15 is 0 Å². The fourth-order valence-corrected chi connectivity index (χ4v) is 5.24. The van der Waals surface area contributed by atoms with E-state index in [4.69, 9.17) is 9.47 Å². The van der Waals surface area contributed by atoms with Crippen molar-refractivity contribution in [2.24, 2.45) is 0 Å². The SMILES string of the molecule is CC[C@H](c1nnnn1Cc1ccc2c(c1)OCO2)N1CCN(C2CCCCC2)CC1. The summed E-state index contributed by atoms with van der Waals surface area (Å²) < 4.78 is 12.9. The molecule has 5 rings (SSSR count). The van der Waals surface area contributed by atoms with Crippen LogP contribution in [0.4, 0.5) is 0 Å². The fourth-order valence-electron chi connectivity index (χ4n) is 5.24. The first-order valence-electron chi connectivity index (χ1n) is 11.4. The van der Waals surface area contributed by atoms with Crippen LogP contribution < -0.4 is 9.47 Å². The van der Waals surface area contributed by atoms with E-state index in [0.29, 0.717) is 13.3 Å². The van der Waals surface area contributed by atoms with E-state index in [9.17, 15) is 0 Å². The monoisotopic (exact) mass is 412 g/mol. The summed E-state index contributed by atoms with van der Waals surface area (Å²) in [6, 6.07) is 7.10. The summed E-state index contributed by atoms with van der Waals surface area (Å²) in [6.45, 7) is 7.66. The first-order valence-corrected chi connectivity index (χ1v) is 11.4. The molecule has 0 unspecified atom stereocenters. The van der Waals surface area contributed by atoms with Gasteiger partial charge in [-0.15, -0.1) is 5.10 Å². The molecule has 2 fully saturated rings. The number of nitrogens with zero attached hydrogens (tertiary/aromatic N) is 6. The second kappa shape index (κ2) is 8.89. The van der Waals surface area contributed by atoms with Crippen LogP contribution in [0.1, 0.15) is 62.9 Å². The summed E-state index contributed by atoms with van der Waals surface area (Å²) in [5, 5.41) is 12.7. The molecule has 0 amide bonds. The van der Waals surface area contributed by atoms with Crippen molar-refractivity contribution in [3.63, 3.8) is 0 Å². The van der Waals surface area contributed by atoms with Gasteiger partial charge < -0.3 is 9.47 Å². The van der Waals surface area contributed by atoms with Gasteiger partial charge in [-0.2, -0.15) is 0 Å². The first-order chi connectivity index (χ1) is 14.8. The molecule has 1 aromatic carbocycles. The van der Waals surface area contributed by atoms with Gasteiger partial charge in [0.2, 0.25) is 6.79 Å². The quantitative estimate of drug-likeness (QED) is 0.723. The molecular formula is C22H32N6O2.